The molecular weight excluding hydrogens is 414 g/mol. The maximum Gasteiger partial charge on any atom is 0.225 e. The van der Waals surface area contributed by atoms with E-state index in [9.17, 15) is 0 Å². The van der Waals surface area contributed by atoms with Crippen molar-refractivity contribution in [2.75, 3.05) is 36.8 Å². The first-order chi connectivity index (χ1) is 13.7. The van der Waals surface area contributed by atoms with Gasteiger partial charge in [0, 0.05) is 61.7 Å². The molecule has 144 valence electrons. The normalized spacial score (nSPS) is 15.0. The highest BCUT2D eigenvalue weighted by Gasteiger charge is 2.19. The number of aromatic nitrogens is 2. The van der Waals surface area contributed by atoms with Crippen LogP contribution < -0.4 is 10.6 Å². The van der Waals surface area contributed by atoms with Crippen molar-refractivity contribution in [3.8, 4) is 0 Å². The topological polar surface area (TPSA) is 58.3 Å². The predicted octanol–water partition coefficient (Wildman–Crippen LogP) is 3.73. The summed E-state index contributed by atoms with van der Waals surface area (Å²) in [5.74, 6) is 0.821. The van der Waals surface area contributed by atoms with E-state index < -0.39 is 0 Å². The minimum atomic E-state index is 0.806. The number of benzene rings is 2. The van der Waals surface area contributed by atoms with Crippen LogP contribution in [-0.2, 0) is 13.0 Å². The lowest BCUT2D eigenvalue weighted by molar-refractivity contribution is 0.248. The lowest BCUT2D eigenvalue weighted by Gasteiger charge is -2.34. The number of nitrogens with zero attached hydrogens (tertiary/aromatic N) is 4. The van der Waals surface area contributed by atoms with Crippen LogP contribution >= 0.6 is 15.9 Å². The average Bonchev–Trinajstić information content (AvgIpc) is 2.73. The quantitative estimate of drug-likeness (QED) is 0.616. The molecule has 0 saturated carbocycles. The molecule has 1 saturated heterocycles. The molecule has 1 fully saturated rings. The maximum atomic E-state index is 5.93. The molecule has 2 heterocycles. The van der Waals surface area contributed by atoms with Crippen LogP contribution in [0.25, 0.3) is 0 Å². The van der Waals surface area contributed by atoms with E-state index in [1.807, 2.05) is 36.7 Å². The summed E-state index contributed by atoms with van der Waals surface area (Å²) in [6.07, 6.45) is 4.76. The second kappa shape index (κ2) is 8.71. The molecule has 2 aromatic carbocycles. The van der Waals surface area contributed by atoms with Crippen LogP contribution in [0.4, 0.5) is 11.6 Å². The van der Waals surface area contributed by atoms with Crippen molar-refractivity contribution in [3.05, 3.63) is 82.1 Å². The lowest BCUT2D eigenvalue weighted by Crippen LogP contribution is -2.46. The molecular formula is C22H24BrN5. The zero-order chi connectivity index (χ0) is 19.3. The van der Waals surface area contributed by atoms with Crippen molar-refractivity contribution in [1.82, 2.24) is 14.9 Å². The minimum absolute atomic E-state index is 0.806. The minimum Gasteiger partial charge on any atom is -0.399 e. The fraction of sp³-hybridized carbons (Fsp3) is 0.273. The van der Waals surface area contributed by atoms with E-state index in [0.717, 1.165) is 60.8 Å². The number of nitrogen functional groups attached to an aromatic ring is 1. The van der Waals surface area contributed by atoms with Gasteiger partial charge in [0.1, 0.15) is 0 Å². The Morgan fingerprint density at radius 1 is 0.893 bits per heavy atom. The molecule has 3 aromatic rings. The number of anilines is 2. The zero-order valence-electron chi connectivity index (χ0n) is 15.8. The van der Waals surface area contributed by atoms with Gasteiger partial charge in [0.2, 0.25) is 5.95 Å². The zero-order valence-corrected chi connectivity index (χ0v) is 17.3. The average molecular weight is 438 g/mol. The van der Waals surface area contributed by atoms with Crippen LogP contribution in [0.15, 0.2) is 65.4 Å². The van der Waals surface area contributed by atoms with Gasteiger partial charge < -0.3 is 10.6 Å². The first kappa shape index (κ1) is 18.9. The molecule has 0 aliphatic carbocycles. The molecule has 1 aliphatic heterocycles. The Balaban J connectivity index is 1.33. The molecule has 4 rings (SSSR count). The van der Waals surface area contributed by atoms with Gasteiger partial charge in [-0.15, -0.1) is 0 Å². The number of hydrogen-bond donors (Lipinski definition) is 1. The van der Waals surface area contributed by atoms with Crippen LogP contribution in [0.3, 0.4) is 0 Å². The molecule has 6 heteroatoms. The summed E-state index contributed by atoms with van der Waals surface area (Å²) in [5, 5.41) is 0. The fourth-order valence-corrected chi connectivity index (χ4v) is 3.87. The summed E-state index contributed by atoms with van der Waals surface area (Å²) in [4.78, 5) is 13.9. The molecule has 5 nitrogen and oxygen atoms in total. The smallest absolute Gasteiger partial charge is 0.225 e. The third kappa shape index (κ3) is 4.69. The molecule has 0 radical (unpaired) electrons. The number of hydrogen-bond acceptors (Lipinski definition) is 5. The molecule has 1 aromatic heterocycles. The van der Waals surface area contributed by atoms with Crippen LogP contribution in [0, 0.1) is 0 Å². The monoisotopic (exact) mass is 437 g/mol. The maximum absolute atomic E-state index is 5.93. The van der Waals surface area contributed by atoms with Gasteiger partial charge >= 0.3 is 0 Å². The van der Waals surface area contributed by atoms with Crippen molar-refractivity contribution in [3.63, 3.8) is 0 Å². The van der Waals surface area contributed by atoms with Gasteiger partial charge in [-0.25, -0.2) is 9.97 Å². The van der Waals surface area contributed by atoms with Crippen LogP contribution in [0.1, 0.15) is 16.7 Å². The molecule has 0 spiro atoms. The summed E-state index contributed by atoms with van der Waals surface area (Å²) in [7, 11) is 0. The van der Waals surface area contributed by atoms with Crippen LogP contribution in [0.2, 0.25) is 0 Å². The number of halogens is 1. The summed E-state index contributed by atoms with van der Waals surface area (Å²) in [6, 6.07) is 16.4. The number of nitrogens with two attached hydrogens (primary N) is 1. The number of rotatable bonds is 5. The third-order valence-electron chi connectivity index (χ3n) is 5.06. The van der Waals surface area contributed by atoms with Crippen molar-refractivity contribution < 1.29 is 0 Å². The Bertz CT molecular complexity index is 906. The van der Waals surface area contributed by atoms with Crippen LogP contribution in [-0.4, -0.2) is 41.0 Å². The highest BCUT2D eigenvalue weighted by Crippen LogP contribution is 2.22. The first-order valence-electron chi connectivity index (χ1n) is 9.53. The van der Waals surface area contributed by atoms with Gasteiger partial charge in [-0.05, 0) is 34.9 Å². The van der Waals surface area contributed by atoms with E-state index in [0.29, 0.717) is 0 Å². The van der Waals surface area contributed by atoms with Gasteiger partial charge in [0.05, 0.1) is 0 Å². The first-order valence-corrected chi connectivity index (χ1v) is 10.3. The van der Waals surface area contributed by atoms with Gasteiger partial charge in [-0.2, -0.15) is 0 Å². The molecule has 28 heavy (non-hydrogen) atoms. The van der Waals surface area contributed by atoms with E-state index in [2.05, 4.69) is 60.0 Å². The summed E-state index contributed by atoms with van der Waals surface area (Å²) >= 11 is 3.62. The Kier molecular flexibility index (Phi) is 5.88. The van der Waals surface area contributed by atoms with E-state index in [-0.39, 0.29) is 0 Å². The Labute approximate surface area is 174 Å². The van der Waals surface area contributed by atoms with Gasteiger partial charge in [-0.3, -0.25) is 4.90 Å². The highest BCUT2D eigenvalue weighted by atomic mass is 79.9. The van der Waals surface area contributed by atoms with Crippen molar-refractivity contribution in [1.29, 1.82) is 0 Å². The van der Waals surface area contributed by atoms with Gasteiger partial charge in [0.15, 0.2) is 0 Å². The standard InChI is InChI=1S/C22H24BrN5/c23-21-7-6-20(24)13-19(21)16-27-8-10-28(11-9-27)22-25-14-18(15-26-22)12-17-4-2-1-3-5-17/h1-7,13-15H,8-12,16,24H2. The molecule has 0 unspecified atom stereocenters. The lowest BCUT2D eigenvalue weighted by atomic mass is 10.1. The Morgan fingerprint density at radius 3 is 2.32 bits per heavy atom. The number of piperazine rings is 1. The van der Waals surface area contributed by atoms with E-state index in [1.165, 1.54) is 11.1 Å². The second-order valence-corrected chi connectivity index (χ2v) is 8.02. The largest absolute Gasteiger partial charge is 0.399 e. The van der Waals surface area contributed by atoms with Gasteiger partial charge in [0.25, 0.3) is 0 Å². The Hall–Kier alpha value is -2.44. The van der Waals surface area contributed by atoms with Crippen molar-refractivity contribution in [2.45, 2.75) is 13.0 Å². The SMILES string of the molecule is Nc1ccc(Br)c(CN2CCN(c3ncc(Cc4ccccc4)cn3)CC2)c1. The molecule has 2 N–H and O–H groups in total. The molecule has 0 atom stereocenters. The molecule has 0 amide bonds. The summed E-state index contributed by atoms with van der Waals surface area (Å²) in [6.45, 7) is 4.72. The highest BCUT2D eigenvalue weighted by molar-refractivity contribution is 9.10. The van der Waals surface area contributed by atoms with E-state index in [4.69, 9.17) is 5.73 Å². The van der Waals surface area contributed by atoms with Crippen molar-refractivity contribution >= 4 is 27.6 Å². The van der Waals surface area contributed by atoms with Crippen LogP contribution in [0.5, 0.6) is 0 Å². The fourth-order valence-electron chi connectivity index (χ4n) is 3.50. The van der Waals surface area contributed by atoms with E-state index in [1.54, 1.807) is 0 Å². The van der Waals surface area contributed by atoms with E-state index >= 15 is 0 Å². The van der Waals surface area contributed by atoms with Crippen molar-refractivity contribution in [2.24, 2.45) is 0 Å². The summed E-state index contributed by atoms with van der Waals surface area (Å²) in [5.41, 5.74) is 10.4. The third-order valence-corrected chi connectivity index (χ3v) is 5.84. The second-order valence-electron chi connectivity index (χ2n) is 7.17. The predicted molar refractivity (Wildman–Crippen MR) is 117 cm³/mol. The summed E-state index contributed by atoms with van der Waals surface area (Å²) < 4.78 is 1.11. The molecule has 0 bridgehead atoms. The van der Waals surface area contributed by atoms with Gasteiger partial charge in [-0.1, -0.05) is 46.3 Å². The Morgan fingerprint density at radius 2 is 1.61 bits per heavy atom. The molecule has 1 aliphatic rings.